The fourth-order valence-electron chi connectivity index (χ4n) is 9.06. The van der Waals surface area contributed by atoms with E-state index in [1.54, 1.807) is 0 Å². The maximum absolute atomic E-state index is 5.24. The van der Waals surface area contributed by atoms with Crippen LogP contribution in [0, 0.1) is 12.1 Å². The number of fused-ring (bicyclic) bond motifs is 12. The molecule has 0 bridgehead atoms. The van der Waals surface area contributed by atoms with Crippen molar-refractivity contribution in [2.24, 2.45) is 4.99 Å². The summed E-state index contributed by atoms with van der Waals surface area (Å²) >= 11 is 0. The number of nitrogens with one attached hydrogen (secondary N) is 1. The average molecular weight is 763 g/mol. The summed E-state index contributed by atoms with van der Waals surface area (Å²) in [6, 6.07) is 70.9. The summed E-state index contributed by atoms with van der Waals surface area (Å²) in [5, 5.41) is 13.3. The largest absolute Gasteiger partial charge is 0.371 e. The molecule has 1 atom stereocenters. The van der Waals surface area contributed by atoms with Crippen molar-refractivity contribution in [3.05, 3.63) is 206 Å². The number of nitrogens with zero attached hydrogens (tertiary/aromatic N) is 3. The van der Waals surface area contributed by atoms with Gasteiger partial charge in [-0.2, -0.15) is 0 Å². The number of anilines is 1. The molecule has 10 aromatic carbocycles. The molecule has 1 aromatic heterocycles. The molecule has 0 aliphatic carbocycles. The first kappa shape index (κ1) is 34.0. The van der Waals surface area contributed by atoms with Crippen LogP contribution >= 0.6 is 0 Å². The highest BCUT2D eigenvalue weighted by molar-refractivity contribution is 6.23. The molecule has 60 heavy (non-hydrogen) atoms. The maximum Gasteiger partial charge on any atom is 0.0979 e. The summed E-state index contributed by atoms with van der Waals surface area (Å²) in [5.74, 6) is 0. The molecule has 0 saturated carbocycles. The highest BCUT2D eigenvalue weighted by atomic mass is 15.0. The molecule has 0 spiro atoms. The number of aromatic nitrogens is 2. The summed E-state index contributed by atoms with van der Waals surface area (Å²) in [4.78, 5) is 15.3. The third kappa shape index (κ3) is 5.60. The molecular formula is C56H34N4. The van der Waals surface area contributed by atoms with Crippen molar-refractivity contribution in [1.29, 1.82) is 0 Å². The molecule has 0 amide bonds. The minimum Gasteiger partial charge on any atom is -0.371 e. The van der Waals surface area contributed by atoms with Crippen molar-refractivity contribution in [2.45, 2.75) is 6.04 Å². The van der Waals surface area contributed by atoms with E-state index >= 15 is 0 Å². The molecule has 1 N–H and O–H groups in total. The van der Waals surface area contributed by atoms with Gasteiger partial charge in [-0.05, 0) is 85.3 Å². The molecule has 12 rings (SSSR count). The Balaban J connectivity index is 0.855. The van der Waals surface area contributed by atoms with Crippen LogP contribution in [0.5, 0.6) is 0 Å². The van der Waals surface area contributed by atoms with Crippen LogP contribution in [0.15, 0.2) is 193 Å². The molecule has 1 aliphatic rings. The first-order valence-electron chi connectivity index (χ1n) is 20.3. The zero-order valence-electron chi connectivity index (χ0n) is 32.4. The Morgan fingerprint density at radius 2 is 1.00 bits per heavy atom. The van der Waals surface area contributed by atoms with Crippen LogP contribution in [-0.4, -0.2) is 16.2 Å². The molecule has 0 radical (unpaired) electrons. The van der Waals surface area contributed by atoms with E-state index in [1.165, 1.54) is 26.9 Å². The van der Waals surface area contributed by atoms with Crippen LogP contribution in [0.3, 0.4) is 0 Å². The molecule has 0 saturated heterocycles. The summed E-state index contributed by atoms with van der Waals surface area (Å²) in [6.07, 6.45) is 3.94. The fourth-order valence-corrected chi connectivity index (χ4v) is 9.06. The van der Waals surface area contributed by atoms with Crippen molar-refractivity contribution in [3.8, 4) is 44.6 Å². The number of rotatable bonds is 5. The summed E-state index contributed by atoms with van der Waals surface area (Å²) in [5.41, 5.74) is 13.4. The minimum absolute atomic E-state index is 0.0691. The first-order chi connectivity index (χ1) is 29.7. The van der Waals surface area contributed by atoms with E-state index in [0.29, 0.717) is 0 Å². The Labute approximate surface area is 347 Å². The van der Waals surface area contributed by atoms with E-state index in [4.69, 9.17) is 15.0 Å². The maximum atomic E-state index is 5.24. The van der Waals surface area contributed by atoms with Gasteiger partial charge in [0.1, 0.15) is 0 Å². The van der Waals surface area contributed by atoms with E-state index in [2.05, 4.69) is 193 Å². The van der Waals surface area contributed by atoms with Crippen molar-refractivity contribution in [1.82, 2.24) is 9.97 Å². The molecule has 278 valence electrons. The molecule has 4 nitrogen and oxygen atoms in total. The standard InChI is InChI=1S/C56H34N4/c1-5-25-47-43(21-1)45-23-3-7-27-49(45)55-53(47)57-33-51(59-55)41-19-11-17-39(31-41)37-15-9-13-35(29-37)36-14-10-16-38(30-36)40-18-12-20-42(32-40)52-34-58-54-48-26-6-2-22-44(48)46-24-4-8-28-50(46)56(54)60-52/h1-9,11-13,15-34,51,59H. The van der Waals surface area contributed by atoms with E-state index < -0.39 is 0 Å². The van der Waals surface area contributed by atoms with E-state index in [-0.39, 0.29) is 6.04 Å². The van der Waals surface area contributed by atoms with Gasteiger partial charge in [-0.25, -0.2) is 4.98 Å². The van der Waals surface area contributed by atoms with Crippen LogP contribution in [0.1, 0.15) is 11.6 Å². The Kier molecular flexibility index (Phi) is 7.79. The highest BCUT2D eigenvalue weighted by Gasteiger charge is 2.22. The van der Waals surface area contributed by atoms with Gasteiger partial charge in [-0.1, -0.05) is 164 Å². The molecule has 1 aliphatic heterocycles. The van der Waals surface area contributed by atoms with Gasteiger partial charge in [0.05, 0.1) is 40.3 Å². The quantitative estimate of drug-likeness (QED) is 0.178. The van der Waals surface area contributed by atoms with Gasteiger partial charge in [0, 0.05) is 38.9 Å². The van der Waals surface area contributed by atoms with Crippen LogP contribution in [0.2, 0.25) is 0 Å². The number of aliphatic imine (C=N–C) groups is 1. The minimum atomic E-state index is -0.0691. The van der Waals surface area contributed by atoms with Crippen molar-refractivity contribution in [3.63, 3.8) is 0 Å². The molecule has 1 unspecified atom stereocenters. The predicted molar refractivity (Wildman–Crippen MR) is 250 cm³/mol. The van der Waals surface area contributed by atoms with E-state index in [0.717, 1.165) is 88.8 Å². The number of hydrogen-bond acceptors (Lipinski definition) is 4. The summed E-state index contributed by atoms with van der Waals surface area (Å²) < 4.78 is 0. The van der Waals surface area contributed by atoms with Gasteiger partial charge in [0.15, 0.2) is 0 Å². The van der Waals surface area contributed by atoms with Crippen LogP contribution in [0.4, 0.5) is 11.4 Å². The monoisotopic (exact) mass is 762 g/mol. The lowest BCUT2D eigenvalue weighted by atomic mass is 9.94. The van der Waals surface area contributed by atoms with Crippen LogP contribution < -0.4 is 5.32 Å². The third-order valence-electron chi connectivity index (χ3n) is 12.0. The lowest BCUT2D eigenvalue weighted by Crippen LogP contribution is -2.15. The second-order valence-electron chi connectivity index (χ2n) is 15.5. The first-order valence-corrected chi connectivity index (χ1v) is 20.3. The number of benzene rings is 9. The SMILES string of the molecule is c1cc(-c2cccc(-c3cnc4c5ccccc5c5ccccc5c4n3)c2)cc(-c2cccc(-c3cccc(C4C=Nc5c(c6ccccc6c6ccccc56)N4)c3)c2)c#1. The van der Waals surface area contributed by atoms with E-state index in [1.807, 2.05) is 18.5 Å². The molecular weight excluding hydrogens is 729 g/mol. The number of hydrogen-bond donors (Lipinski definition) is 1. The fraction of sp³-hybridized carbons (Fsp3) is 0.0179. The Bertz CT molecular complexity index is 3510. The summed E-state index contributed by atoms with van der Waals surface area (Å²) in [7, 11) is 0. The topological polar surface area (TPSA) is 50.2 Å². The average Bonchev–Trinajstić information content (AvgIpc) is 3.34. The molecule has 0 fully saturated rings. The predicted octanol–water partition coefficient (Wildman–Crippen LogP) is 14.4. The Morgan fingerprint density at radius 1 is 0.450 bits per heavy atom. The second kappa shape index (κ2) is 13.8. The highest BCUT2D eigenvalue weighted by Crippen LogP contribution is 2.45. The van der Waals surface area contributed by atoms with Gasteiger partial charge in [0.25, 0.3) is 0 Å². The van der Waals surface area contributed by atoms with Gasteiger partial charge in [-0.15, -0.1) is 0 Å². The zero-order chi connectivity index (χ0) is 39.6. The smallest absolute Gasteiger partial charge is 0.0979 e. The van der Waals surface area contributed by atoms with Crippen molar-refractivity contribution < 1.29 is 0 Å². The van der Waals surface area contributed by atoms with Gasteiger partial charge in [0.2, 0.25) is 0 Å². The van der Waals surface area contributed by atoms with Gasteiger partial charge in [-0.3, -0.25) is 9.98 Å². The lowest BCUT2D eigenvalue weighted by Gasteiger charge is -2.25. The van der Waals surface area contributed by atoms with Crippen molar-refractivity contribution >= 4 is 71.7 Å². The van der Waals surface area contributed by atoms with Crippen LogP contribution in [0.25, 0.3) is 98.8 Å². The third-order valence-corrected chi connectivity index (χ3v) is 12.0. The normalized spacial score (nSPS) is 13.4. The van der Waals surface area contributed by atoms with Crippen molar-refractivity contribution in [2.75, 3.05) is 5.32 Å². The lowest BCUT2D eigenvalue weighted by molar-refractivity contribution is 1.05. The second-order valence-corrected chi connectivity index (χ2v) is 15.5. The molecule has 11 aromatic rings. The van der Waals surface area contributed by atoms with Gasteiger partial charge >= 0.3 is 0 Å². The summed E-state index contributed by atoms with van der Waals surface area (Å²) in [6.45, 7) is 0. The van der Waals surface area contributed by atoms with Gasteiger partial charge < -0.3 is 5.32 Å². The molecule has 4 heteroatoms. The molecule has 2 heterocycles. The zero-order valence-corrected chi connectivity index (χ0v) is 32.4. The van der Waals surface area contributed by atoms with E-state index in [9.17, 15) is 0 Å². The Morgan fingerprint density at radius 3 is 1.75 bits per heavy atom. The Hall–Kier alpha value is -8.13. The van der Waals surface area contributed by atoms with Crippen LogP contribution in [-0.2, 0) is 0 Å².